The van der Waals surface area contributed by atoms with Gasteiger partial charge < -0.3 is 10.5 Å². The van der Waals surface area contributed by atoms with E-state index in [9.17, 15) is 22.8 Å². The van der Waals surface area contributed by atoms with E-state index in [0.717, 1.165) is 12.7 Å². The number of methoxy groups -OCH3 is 1. The van der Waals surface area contributed by atoms with E-state index < -0.39 is 38.9 Å². The highest BCUT2D eigenvalue weighted by Gasteiger charge is 2.46. The number of carbonyl (C=O) groups excluding carboxylic acids is 3. The van der Waals surface area contributed by atoms with Crippen molar-refractivity contribution in [3.63, 3.8) is 0 Å². The number of benzene rings is 3. The van der Waals surface area contributed by atoms with Crippen molar-refractivity contribution in [3.05, 3.63) is 95.1 Å². The maximum atomic E-state index is 14.0. The van der Waals surface area contributed by atoms with Gasteiger partial charge in [0.05, 0.1) is 12.0 Å². The van der Waals surface area contributed by atoms with Gasteiger partial charge in [0.15, 0.2) is 5.78 Å². The van der Waals surface area contributed by atoms with Gasteiger partial charge in [-0.3, -0.25) is 14.9 Å². The largest absolute Gasteiger partial charge is 0.467 e. The Labute approximate surface area is 244 Å². The molecule has 0 saturated carbocycles. The average molecular weight is 596 g/mol. The number of esters is 1. The van der Waals surface area contributed by atoms with Crippen LogP contribution >= 0.6 is 11.8 Å². The lowest BCUT2D eigenvalue weighted by atomic mass is 9.98. The molecule has 3 aromatic carbocycles. The Morgan fingerprint density at radius 2 is 1.68 bits per heavy atom. The van der Waals surface area contributed by atoms with E-state index in [0.29, 0.717) is 32.4 Å². The minimum atomic E-state index is -4.47. The number of ether oxygens (including phenoxy) is 1. The number of rotatable bonds is 9. The van der Waals surface area contributed by atoms with Gasteiger partial charge in [0, 0.05) is 34.5 Å². The minimum absolute atomic E-state index is 0.117. The second-order valence-corrected chi connectivity index (χ2v) is 13.4. The summed E-state index contributed by atoms with van der Waals surface area (Å²) in [6.07, 6.45) is -0.160. The Bertz CT molecular complexity index is 1550. The molecule has 0 unspecified atom stereocenters. The topological polar surface area (TPSA) is 136 Å². The molecule has 0 aromatic heterocycles. The van der Waals surface area contributed by atoms with Crippen molar-refractivity contribution < 1.29 is 27.5 Å². The van der Waals surface area contributed by atoms with E-state index >= 15 is 0 Å². The smallest absolute Gasteiger partial charge is 0.330 e. The van der Waals surface area contributed by atoms with E-state index in [1.807, 2.05) is 20.8 Å². The number of ketones is 1. The highest BCUT2D eigenvalue weighted by atomic mass is 32.2. The maximum absolute atomic E-state index is 14.0. The second kappa shape index (κ2) is 12.1. The lowest BCUT2D eigenvalue weighted by molar-refractivity contribution is -0.149. The number of thioether (sulfide) groups is 1. The molecule has 1 heterocycles. The van der Waals surface area contributed by atoms with Crippen molar-refractivity contribution in [2.75, 3.05) is 18.6 Å². The number of carbonyl (C=O) groups is 3. The number of para-hydroxylation sites is 1. The molecule has 1 aliphatic heterocycles. The minimum Gasteiger partial charge on any atom is -0.467 e. The summed E-state index contributed by atoms with van der Waals surface area (Å²) in [5.74, 6) is -1.34. The zero-order valence-electron chi connectivity index (χ0n) is 23.3. The lowest BCUT2D eigenvalue weighted by Crippen LogP contribution is -2.55. The molecule has 9 nitrogen and oxygen atoms in total. The first kappa shape index (κ1) is 30.3. The van der Waals surface area contributed by atoms with E-state index in [-0.39, 0.29) is 17.1 Å². The molecule has 4 rings (SSSR count). The number of nitrogen functional groups attached to an aromatic ring is 1. The van der Waals surface area contributed by atoms with Crippen LogP contribution in [0.5, 0.6) is 0 Å². The zero-order chi connectivity index (χ0) is 29.9. The molecular weight excluding hydrogens is 562 g/mol. The third-order valence-corrected chi connectivity index (χ3v) is 10.1. The number of amides is 1. The Balaban J connectivity index is 1.71. The molecule has 3 aromatic rings. The van der Waals surface area contributed by atoms with Gasteiger partial charge in [0.1, 0.15) is 11.4 Å². The predicted molar refractivity (Wildman–Crippen MR) is 159 cm³/mol. The number of sulfonamides is 1. The van der Waals surface area contributed by atoms with Crippen LogP contribution in [0.15, 0.2) is 77.7 Å². The van der Waals surface area contributed by atoms with Crippen LogP contribution in [0.1, 0.15) is 40.9 Å². The van der Waals surface area contributed by atoms with E-state index in [2.05, 4.69) is 5.32 Å². The molecular formula is C30H33N3O6S2. The van der Waals surface area contributed by atoms with Gasteiger partial charge in [0.2, 0.25) is 0 Å². The average Bonchev–Trinajstić information content (AvgIpc) is 3.32. The van der Waals surface area contributed by atoms with Crippen LogP contribution in [0.3, 0.4) is 0 Å². The third kappa shape index (κ3) is 6.64. The maximum Gasteiger partial charge on any atom is 0.330 e. The standard InChI is InChI=1S/C30H33N3O6S2/c1-19-9-15-22(16-10-19)41(37,38)33(28(35)27-32-30(2,3)18-40-27)25(29(36)39-4)17-20-11-13-21(14-12-20)26(34)23-7-5-6-8-24(23)31/h5-16,25,27,32H,17-18,31H2,1-4H3/t25-,27-/m0/s1. The number of hydrogen-bond donors (Lipinski definition) is 2. The van der Waals surface area contributed by atoms with Gasteiger partial charge in [-0.15, -0.1) is 11.8 Å². The Hall–Kier alpha value is -3.67. The molecule has 1 fully saturated rings. The fraction of sp³-hybridized carbons (Fsp3) is 0.300. The van der Waals surface area contributed by atoms with Crippen LogP contribution < -0.4 is 11.1 Å². The van der Waals surface area contributed by atoms with Crippen molar-refractivity contribution >= 4 is 45.1 Å². The molecule has 1 aliphatic rings. The molecule has 2 atom stereocenters. The molecule has 216 valence electrons. The fourth-order valence-corrected chi connectivity index (χ4v) is 7.45. The molecule has 3 N–H and O–H groups in total. The second-order valence-electron chi connectivity index (χ2n) is 10.5. The van der Waals surface area contributed by atoms with Crippen molar-refractivity contribution in [2.24, 2.45) is 0 Å². The van der Waals surface area contributed by atoms with Gasteiger partial charge >= 0.3 is 5.97 Å². The molecule has 41 heavy (non-hydrogen) atoms. The summed E-state index contributed by atoms with van der Waals surface area (Å²) in [7, 11) is -3.32. The molecule has 1 amide bonds. The number of hydrogen-bond acceptors (Lipinski definition) is 9. The SMILES string of the molecule is COC(=O)[C@H](Cc1ccc(C(=O)c2ccccc2N)cc1)N(C(=O)[C@H]1NC(C)(C)CS1)S(=O)(=O)c1ccc(C)cc1. The normalized spacial score (nSPS) is 17.0. The van der Waals surface area contributed by atoms with Crippen LogP contribution in [0.25, 0.3) is 0 Å². The molecule has 1 saturated heterocycles. The number of nitrogens with one attached hydrogen (secondary N) is 1. The summed E-state index contributed by atoms with van der Waals surface area (Å²) in [6, 6.07) is 17.7. The van der Waals surface area contributed by atoms with Gasteiger partial charge in [-0.1, -0.05) is 54.1 Å². The van der Waals surface area contributed by atoms with Gasteiger partial charge in [-0.2, -0.15) is 0 Å². The van der Waals surface area contributed by atoms with Crippen LogP contribution in [0, 0.1) is 6.92 Å². The summed E-state index contributed by atoms with van der Waals surface area (Å²) >= 11 is 1.28. The van der Waals surface area contributed by atoms with E-state index in [4.69, 9.17) is 10.5 Å². The lowest BCUT2D eigenvalue weighted by Gasteiger charge is -2.31. The Morgan fingerprint density at radius 1 is 1.05 bits per heavy atom. The molecule has 0 aliphatic carbocycles. The first-order valence-electron chi connectivity index (χ1n) is 12.9. The third-order valence-electron chi connectivity index (χ3n) is 6.76. The van der Waals surface area contributed by atoms with Gasteiger partial charge in [-0.25, -0.2) is 17.5 Å². The van der Waals surface area contributed by atoms with Gasteiger partial charge in [0.25, 0.3) is 15.9 Å². The number of aryl methyl sites for hydroxylation is 1. The van der Waals surface area contributed by atoms with Crippen LogP contribution in [0.2, 0.25) is 0 Å². The Kier molecular flexibility index (Phi) is 8.91. The van der Waals surface area contributed by atoms with E-state index in [1.54, 1.807) is 60.7 Å². The molecule has 0 radical (unpaired) electrons. The first-order valence-corrected chi connectivity index (χ1v) is 15.4. The quantitative estimate of drug-likeness (QED) is 0.216. The van der Waals surface area contributed by atoms with E-state index in [1.165, 1.54) is 23.9 Å². The molecule has 11 heteroatoms. The first-order chi connectivity index (χ1) is 19.3. The van der Waals surface area contributed by atoms with Crippen LogP contribution in [-0.4, -0.2) is 60.2 Å². The van der Waals surface area contributed by atoms with Crippen molar-refractivity contribution in [1.82, 2.24) is 9.62 Å². The van der Waals surface area contributed by atoms with Crippen molar-refractivity contribution in [1.29, 1.82) is 0 Å². The Morgan fingerprint density at radius 3 is 2.24 bits per heavy atom. The summed E-state index contributed by atoms with van der Waals surface area (Å²) in [5, 5.41) is 2.29. The zero-order valence-corrected chi connectivity index (χ0v) is 24.9. The summed E-state index contributed by atoms with van der Waals surface area (Å²) in [5.41, 5.74) is 8.00. The highest BCUT2D eigenvalue weighted by Crippen LogP contribution is 2.31. The number of nitrogens with two attached hydrogens (primary N) is 1. The van der Waals surface area contributed by atoms with Gasteiger partial charge in [-0.05, 0) is 50.6 Å². The summed E-state index contributed by atoms with van der Waals surface area (Å²) < 4.78 is 33.6. The summed E-state index contributed by atoms with van der Waals surface area (Å²) in [6.45, 7) is 5.64. The predicted octanol–water partition coefficient (Wildman–Crippen LogP) is 3.55. The highest BCUT2D eigenvalue weighted by molar-refractivity contribution is 8.01. The molecule has 0 spiro atoms. The molecule has 0 bridgehead atoms. The fourth-order valence-electron chi connectivity index (χ4n) is 4.51. The van der Waals surface area contributed by atoms with Crippen LogP contribution in [-0.2, 0) is 30.8 Å². The summed E-state index contributed by atoms with van der Waals surface area (Å²) in [4.78, 5) is 39.9. The van der Waals surface area contributed by atoms with Crippen molar-refractivity contribution in [2.45, 2.75) is 49.0 Å². The van der Waals surface area contributed by atoms with Crippen LogP contribution in [0.4, 0.5) is 5.69 Å². The van der Waals surface area contributed by atoms with Crippen molar-refractivity contribution in [3.8, 4) is 0 Å². The monoisotopic (exact) mass is 595 g/mol. The number of anilines is 1. The number of nitrogens with zero attached hydrogens (tertiary/aromatic N) is 1.